The number of anilines is 1. The molecule has 1 fully saturated rings. The minimum atomic E-state index is -3.59. The standard InChI is InChI=1S/C26H28N2O3S/c1-20-13-14-21(2)24(19-20)27-25(29)26(22-9-5-3-6-10-22)15-17-28(18-16-26)32(30,31)23-11-7-4-8-12-23/h3-14,19H,15-18H2,1-2H3,(H,27,29). The highest BCUT2D eigenvalue weighted by atomic mass is 32.2. The summed E-state index contributed by atoms with van der Waals surface area (Å²) in [5.41, 5.74) is 2.99. The summed E-state index contributed by atoms with van der Waals surface area (Å²) < 4.78 is 27.7. The van der Waals surface area contributed by atoms with Gasteiger partial charge in [0, 0.05) is 18.8 Å². The smallest absolute Gasteiger partial charge is 0.243 e. The summed E-state index contributed by atoms with van der Waals surface area (Å²) in [5.74, 6) is -0.0887. The van der Waals surface area contributed by atoms with Crippen LogP contribution in [-0.4, -0.2) is 31.7 Å². The maximum atomic E-state index is 13.7. The zero-order valence-corrected chi connectivity index (χ0v) is 19.2. The average molecular weight is 449 g/mol. The summed E-state index contributed by atoms with van der Waals surface area (Å²) in [6, 6.07) is 24.2. The van der Waals surface area contributed by atoms with Crippen LogP contribution in [0.3, 0.4) is 0 Å². The molecule has 3 aromatic rings. The number of piperidine rings is 1. The summed E-state index contributed by atoms with van der Waals surface area (Å²) in [6.45, 7) is 4.53. The van der Waals surface area contributed by atoms with Crippen molar-refractivity contribution in [3.05, 3.63) is 95.6 Å². The first-order chi connectivity index (χ1) is 15.3. The fourth-order valence-corrected chi connectivity index (χ4v) is 5.83. The van der Waals surface area contributed by atoms with E-state index < -0.39 is 15.4 Å². The van der Waals surface area contributed by atoms with Gasteiger partial charge in [0.1, 0.15) is 0 Å². The number of carbonyl (C=O) groups excluding carboxylic acids is 1. The minimum Gasteiger partial charge on any atom is -0.325 e. The normalized spacial score (nSPS) is 16.4. The van der Waals surface area contributed by atoms with Crippen LogP contribution in [0.1, 0.15) is 29.5 Å². The van der Waals surface area contributed by atoms with Crippen LogP contribution in [0.25, 0.3) is 0 Å². The number of aryl methyl sites for hydroxylation is 2. The molecule has 0 spiro atoms. The molecule has 3 aromatic carbocycles. The van der Waals surface area contributed by atoms with Crippen LogP contribution in [0.5, 0.6) is 0 Å². The third-order valence-corrected chi connectivity index (χ3v) is 8.27. The number of nitrogens with one attached hydrogen (secondary N) is 1. The molecule has 32 heavy (non-hydrogen) atoms. The van der Waals surface area contributed by atoms with Crippen LogP contribution < -0.4 is 5.32 Å². The Labute approximate surface area is 190 Å². The quantitative estimate of drug-likeness (QED) is 0.617. The Balaban J connectivity index is 1.63. The monoisotopic (exact) mass is 448 g/mol. The third-order valence-electron chi connectivity index (χ3n) is 6.36. The van der Waals surface area contributed by atoms with Crippen LogP contribution in [0.15, 0.2) is 83.8 Å². The Hall–Kier alpha value is -2.96. The van der Waals surface area contributed by atoms with Crippen LogP contribution in [0.4, 0.5) is 5.69 Å². The zero-order chi connectivity index (χ0) is 22.8. The molecular formula is C26H28N2O3S. The number of rotatable bonds is 5. The van der Waals surface area contributed by atoms with Gasteiger partial charge in [0.25, 0.3) is 0 Å². The molecular weight excluding hydrogens is 420 g/mol. The van der Waals surface area contributed by atoms with Crippen LogP contribution in [-0.2, 0) is 20.2 Å². The van der Waals surface area contributed by atoms with Crippen molar-refractivity contribution in [3.8, 4) is 0 Å². The van der Waals surface area contributed by atoms with E-state index in [1.54, 1.807) is 30.3 Å². The van der Waals surface area contributed by atoms with Gasteiger partial charge in [-0.25, -0.2) is 8.42 Å². The molecule has 0 bridgehead atoms. The summed E-state index contributed by atoms with van der Waals surface area (Å²) in [7, 11) is -3.59. The van der Waals surface area contributed by atoms with Gasteiger partial charge >= 0.3 is 0 Å². The Morgan fingerprint density at radius 2 is 1.47 bits per heavy atom. The molecule has 0 atom stereocenters. The highest BCUT2D eigenvalue weighted by Crippen LogP contribution is 2.38. The van der Waals surface area contributed by atoms with Gasteiger partial charge in [-0.15, -0.1) is 0 Å². The second-order valence-corrected chi connectivity index (χ2v) is 10.4. The summed E-state index contributed by atoms with van der Waals surface area (Å²) in [5, 5.41) is 3.14. The lowest BCUT2D eigenvalue weighted by Crippen LogP contribution is -2.51. The molecule has 0 radical (unpaired) electrons. The number of nitrogens with zero attached hydrogens (tertiary/aromatic N) is 1. The molecule has 1 N–H and O–H groups in total. The van der Waals surface area contributed by atoms with Crippen molar-refractivity contribution < 1.29 is 13.2 Å². The average Bonchev–Trinajstić information content (AvgIpc) is 2.82. The van der Waals surface area contributed by atoms with E-state index in [4.69, 9.17) is 0 Å². The maximum Gasteiger partial charge on any atom is 0.243 e. The SMILES string of the molecule is Cc1ccc(C)c(NC(=O)C2(c3ccccc3)CCN(S(=O)(=O)c3ccccc3)CC2)c1. The number of sulfonamides is 1. The van der Waals surface area contributed by atoms with Gasteiger partial charge in [-0.3, -0.25) is 4.79 Å². The highest BCUT2D eigenvalue weighted by Gasteiger charge is 2.45. The number of benzene rings is 3. The molecule has 1 aliphatic rings. The molecule has 0 unspecified atom stereocenters. The van der Waals surface area contributed by atoms with Gasteiger partial charge < -0.3 is 5.32 Å². The molecule has 0 aromatic heterocycles. The lowest BCUT2D eigenvalue weighted by molar-refractivity contribution is -0.123. The van der Waals surface area contributed by atoms with Crippen molar-refractivity contribution in [2.24, 2.45) is 0 Å². The lowest BCUT2D eigenvalue weighted by Gasteiger charge is -2.40. The molecule has 1 heterocycles. The Bertz CT molecular complexity index is 1200. The Morgan fingerprint density at radius 1 is 0.875 bits per heavy atom. The molecule has 1 aliphatic heterocycles. The van der Waals surface area contributed by atoms with E-state index in [1.807, 2.05) is 62.4 Å². The fourth-order valence-electron chi connectivity index (χ4n) is 4.37. The van der Waals surface area contributed by atoms with Gasteiger partial charge in [0.2, 0.25) is 15.9 Å². The Morgan fingerprint density at radius 3 is 2.09 bits per heavy atom. The van der Waals surface area contributed by atoms with Crippen molar-refractivity contribution in [1.29, 1.82) is 0 Å². The maximum absolute atomic E-state index is 13.7. The van der Waals surface area contributed by atoms with Gasteiger partial charge in [0.05, 0.1) is 10.3 Å². The first-order valence-electron chi connectivity index (χ1n) is 10.8. The van der Waals surface area contributed by atoms with E-state index in [1.165, 1.54) is 4.31 Å². The van der Waals surface area contributed by atoms with Crippen molar-refractivity contribution in [1.82, 2.24) is 4.31 Å². The van der Waals surface area contributed by atoms with Crippen LogP contribution >= 0.6 is 0 Å². The second kappa shape index (κ2) is 8.88. The van der Waals surface area contributed by atoms with E-state index in [0.717, 1.165) is 22.4 Å². The van der Waals surface area contributed by atoms with Crippen molar-refractivity contribution in [3.63, 3.8) is 0 Å². The second-order valence-electron chi connectivity index (χ2n) is 8.44. The van der Waals surface area contributed by atoms with Gasteiger partial charge in [-0.2, -0.15) is 4.31 Å². The van der Waals surface area contributed by atoms with Gasteiger partial charge in [-0.05, 0) is 61.6 Å². The predicted octanol–water partition coefficient (Wildman–Crippen LogP) is 4.66. The Kier molecular flexibility index (Phi) is 6.17. The fraction of sp³-hybridized carbons (Fsp3) is 0.269. The van der Waals surface area contributed by atoms with Crippen LogP contribution in [0.2, 0.25) is 0 Å². The summed E-state index contributed by atoms with van der Waals surface area (Å²) in [6.07, 6.45) is 0.833. The van der Waals surface area contributed by atoms with E-state index in [-0.39, 0.29) is 23.9 Å². The molecule has 166 valence electrons. The lowest BCUT2D eigenvalue weighted by atomic mass is 9.72. The molecule has 0 saturated carbocycles. The summed E-state index contributed by atoms with van der Waals surface area (Å²) >= 11 is 0. The molecule has 0 aliphatic carbocycles. The predicted molar refractivity (Wildman–Crippen MR) is 127 cm³/mol. The number of carbonyl (C=O) groups is 1. The van der Waals surface area contributed by atoms with Crippen LogP contribution in [0, 0.1) is 13.8 Å². The van der Waals surface area contributed by atoms with E-state index in [2.05, 4.69) is 5.32 Å². The first-order valence-corrected chi connectivity index (χ1v) is 12.3. The highest BCUT2D eigenvalue weighted by molar-refractivity contribution is 7.89. The first kappa shape index (κ1) is 22.2. The minimum absolute atomic E-state index is 0.0887. The van der Waals surface area contributed by atoms with Gasteiger partial charge in [-0.1, -0.05) is 60.7 Å². The molecule has 5 nitrogen and oxygen atoms in total. The third kappa shape index (κ3) is 4.20. The zero-order valence-electron chi connectivity index (χ0n) is 18.4. The summed E-state index contributed by atoms with van der Waals surface area (Å²) in [4.78, 5) is 14.0. The number of hydrogen-bond acceptors (Lipinski definition) is 3. The van der Waals surface area contributed by atoms with Crippen molar-refractivity contribution >= 4 is 21.6 Å². The van der Waals surface area contributed by atoms with E-state index in [0.29, 0.717) is 12.8 Å². The molecule has 1 saturated heterocycles. The molecule has 4 rings (SSSR count). The number of amides is 1. The van der Waals surface area contributed by atoms with Crippen molar-refractivity contribution in [2.75, 3.05) is 18.4 Å². The largest absolute Gasteiger partial charge is 0.325 e. The van der Waals surface area contributed by atoms with Gasteiger partial charge in [0.15, 0.2) is 0 Å². The topological polar surface area (TPSA) is 66.5 Å². The molecule has 6 heteroatoms. The molecule has 1 amide bonds. The van der Waals surface area contributed by atoms with E-state index >= 15 is 0 Å². The number of hydrogen-bond donors (Lipinski definition) is 1. The van der Waals surface area contributed by atoms with E-state index in [9.17, 15) is 13.2 Å². The van der Waals surface area contributed by atoms with Crippen molar-refractivity contribution in [2.45, 2.75) is 37.0 Å².